The molecule has 1 unspecified atom stereocenters. The molecule has 0 aliphatic carbocycles. The Morgan fingerprint density at radius 3 is 3.03 bits per heavy atom. The molecule has 0 bridgehead atoms. The van der Waals surface area contributed by atoms with E-state index in [4.69, 9.17) is 14.7 Å². The van der Waals surface area contributed by atoms with Crippen molar-refractivity contribution < 1.29 is 14.6 Å². The van der Waals surface area contributed by atoms with Crippen LogP contribution in [0.25, 0.3) is 22.3 Å². The van der Waals surface area contributed by atoms with Crippen molar-refractivity contribution in [2.45, 2.75) is 25.8 Å². The normalized spacial score (nSPS) is 18.5. The van der Waals surface area contributed by atoms with Gasteiger partial charge in [-0.05, 0) is 54.8 Å². The lowest BCUT2D eigenvalue weighted by atomic mass is 10.1. The summed E-state index contributed by atoms with van der Waals surface area (Å²) in [5.41, 5.74) is 6.30. The minimum atomic E-state index is -0.450. The molecule has 3 heterocycles. The van der Waals surface area contributed by atoms with Crippen LogP contribution in [0.3, 0.4) is 0 Å². The molecule has 1 amide bonds. The molecule has 5 rings (SSSR count). The molecule has 8 heteroatoms. The number of para-hydroxylation sites is 1. The van der Waals surface area contributed by atoms with Gasteiger partial charge in [-0.2, -0.15) is 0 Å². The summed E-state index contributed by atoms with van der Waals surface area (Å²) in [6.45, 7) is 3.52. The Balaban J connectivity index is 1.31. The van der Waals surface area contributed by atoms with Crippen LogP contribution in [0.2, 0.25) is 0 Å². The number of nitrogens with zero attached hydrogens (tertiary/aromatic N) is 4. The molecule has 2 aliphatic heterocycles. The third-order valence-corrected chi connectivity index (χ3v) is 6.17. The standard InChI is InChI=1S/C28H27N5O3/c1-19-10-11-22-24(16-19)31-26(23-8-2-3-9-25(23)34)32-27(22)33-15-12-21(17-33)30-28(35)36-18-20-6-4-13-29-14-5-7-20/h2-3,6-11,13-14,16,21,34H,4,12,15,17-18H2,1H3,(H,30,35)/b20-6+,29-13?. The number of hydrogen-bond acceptors (Lipinski definition) is 7. The molecule has 1 fully saturated rings. The summed E-state index contributed by atoms with van der Waals surface area (Å²) in [4.78, 5) is 28.2. The SMILES string of the molecule is Cc1ccc2c(N3CCC(NC(=O)OC/C4=C/CC=NC=C=C4)C3)nc(-c3ccccc3O)nc2c1. The number of aromatic hydroxyl groups is 1. The zero-order valence-electron chi connectivity index (χ0n) is 20.0. The van der Waals surface area contributed by atoms with E-state index in [1.165, 1.54) is 0 Å². The zero-order chi connectivity index (χ0) is 24.9. The van der Waals surface area contributed by atoms with Gasteiger partial charge in [0.05, 0.1) is 23.3 Å². The van der Waals surface area contributed by atoms with Crippen molar-refractivity contribution in [3.8, 4) is 17.1 Å². The van der Waals surface area contributed by atoms with Crippen LogP contribution in [0.4, 0.5) is 10.6 Å². The number of aliphatic imine (C=N–C) groups is 1. The lowest BCUT2D eigenvalue weighted by molar-refractivity contribution is 0.153. The summed E-state index contributed by atoms with van der Waals surface area (Å²) >= 11 is 0. The molecule has 0 saturated carbocycles. The third kappa shape index (κ3) is 5.29. The van der Waals surface area contributed by atoms with Crippen molar-refractivity contribution in [2.75, 3.05) is 24.6 Å². The van der Waals surface area contributed by atoms with Crippen molar-refractivity contribution in [2.24, 2.45) is 4.99 Å². The number of aromatic nitrogens is 2. The number of aryl methyl sites for hydroxylation is 1. The molecule has 182 valence electrons. The lowest BCUT2D eigenvalue weighted by Crippen LogP contribution is -2.37. The average molecular weight is 482 g/mol. The van der Waals surface area contributed by atoms with E-state index in [0.717, 1.165) is 40.8 Å². The van der Waals surface area contributed by atoms with E-state index in [1.54, 1.807) is 30.6 Å². The molecule has 36 heavy (non-hydrogen) atoms. The zero-order valence-corrected chi connectivity index (χ0v) is 20.0. The number of benzene rings is 2. The van der Waals surface area contributed by atoms with Crippen LogP contribution in [-0.2, 0) is 4.74 Å². The van der Waals surface area contributed by atoms with Gasteiger partial charge >= 0.3 is 6.09 Å². The molecular weight excluding hydrogens is 454 g/mol. The molecule has 0 spiro atoms. The second kappa shape index (κ2) is 10.5. The fraction of sp³-hybridized carbons (Fsp3) is 0.250. The molecule has 3 aromatic rings. The van der Waals surface area contributed by atoms with E-state index in [0.29, 0.717) is 24.4 Å². The first-order valence-corrected chi connectivity index (χ1v) is 11.9. The van der Waals surface area contributed by atoms with Gasteiger partial charge in [0.1, 0.15) is 18.2 Å². The number of phenols is 1. The average Bonchev–Trinajstić information content (AvgIpc) is 3.31. The number of ether oxygens (including phenoxy) is 1. The second-order valence-electron chi connectivity index (χ2n) is 8.85. The van der Waals surface area contributed by atoms with Crippen molar-refractivity contribution in [1.29, 1.82) is 0 Å². The fourth-order valence-electron chi connectivity index (χ4n) is 4.34. The quantitative estimate of drug-likeness (QED) is 0.513. The minimum Gasteiger partial charge on any atom is -0.507 e. The molecule has 1 saturated heterocycles. The van der Waals surface area contributed by atoms with E-state index in [-0.39, 0.29) is 18.4 Å². The van der Waals surface area contributed by atoms with Gasteiger partial charge in [0, 0.05) is 31.1 Å². The van der Waals surface area contributed by atoms with Gasteiger partial charge in [-0.1, -0.05) is 24.3 Å². The van der Waals surface area contributed by atoms with Crippen molar-refractivity contribution >= 4 is 29.0 Å². The minimum absolute atomic E-state index is 0.0737. The predicted molar refractivity (Wildman–Crippen MR) is 140 cm³/mol. The number of carbonyl (C=O) groups is 1. The molecular formula is C28H27N5O3. The maximum Gasteiger partial charge on any atom is 0.407 e. The smallest absolute Gasteiger partial charge is 0.407 e. The molecule has 2 aliphatic rings. The number of phenolic OH excluding ortho intramolecular Hbond substituents is 1. The number of alkyl carbamates (subject to hydrolysis) is 1. The van der Waals surface area contributed by atoms with Crippen molar-refractivity contribution in [1.82, 2.24) is 15.3 Å². The highest BCUT2D eigenvalue weighted by Crippen LogP contribution is 2.33. The molecule has 2 aromatic carbocycles. The first kappa shape index (κ1) is 23.3. The van der Waals surface area contributed by atoms with E-state index in [1.807, 2.05) is 43.3 Å². The van der Waals surface area contributed by atoms with E-state index < -0.39 is 6.09 Å². The Hall–Kier alpha value is -4.42. The topological polar surface area (TPSA) is 99.9 Å². The number of anilines is 1. The fourth-order valence-corrected chi connectivity index (χ4v) is 4.34. The van der Waals surface area contributed by atoms with Crippen LogP contribution in [0.15, 0.2) is 77.1 Å². The van der Waals surface area contributed by atoms with Crippen LogP contribution >= 0.6 is 0 Å². The highest BCUT2D eigenvalue weighted by Gasteiger charge is 2.27. The maximum absolute atomic E-state index is 12.5. The Bertz CT molecular complexity index is 1420. The summed E-state index contributed by atoms with van der Waals surface area (Å²) in [5, 5.41) is 14.3. The summed E-state index contributed by atoms with van der Waals surface area (Å²) in [6, 6.07) is 13.1. The van der Waals surface area contributed by atoms with Crippen LogP contribution in [0, 0.1) is 6.92 Å². The van der Waals surface area contributed by atoms with E-state index in [2.05, 4.69) is 20.9 Å². The Morgan fingerprint density at radius 2 is 2.14 bits per heavy atom. The second-order valence-corrected chi connectivity index (χ2v) is 8.85. The van der Waals surface area contributed by atoms with Gasteiger partial charge in [-0.15, -0.1) is 5.73 Å². The number of fused-ring (bicyclic) bond motifs is 1. The summed E-state index contributed by atoms with van der Waals surface area (Å²) in [7, 11) is 0. The van der Waals surface area contributed by atoms with Crippen LogP contribution in [0.1, 0.15) is 18.4 Å². The first-order chi connectivity index (χ1) is 17.6. The summed E-state index contributed by atoms with van der Waals surface area (Å²) < 4.78 is 5.43. The van der Waals surface area contributed by atoms with Crippen molar-refractivity contribution in [3.05, 3.63) is 77.7 Å². The van der Waals surface area contributed by atoms with Crippen LogP contribution in [-0.4, -0.2) is 53.1 Å². The van der Waals surface area contributed by atoms with Gasteiger partial charge in [0.2, 0.25) is 0 Å². The highest BCUT2D eigenvalue weighted by molar-refractivity contribution is 5.92. The number of hydrogen-bond donors (Lipinski definition) is 2. The third-order valence-electron chi connectivity index (χ3n) is 6.17. The number of nitrogens with one attached hydrogen (secondary N) is 1. The Labute approximate surface area is 209 Å². The molecule has 0 radical (unpaired) electrons. The van der Waals surface area contributed by atoms with Gasteiger partial charge in [0.15, 0.2) is 5.82 Å². The Morgan fingerprint density at radius 1 is 1.25 bits per heavy atom. The van der Waals surface area contributed by atoms with Gasteiger partial charge in [-0.3, -0.25) is 4.99 Å². The lowest BCUT2D eigenvalue weighted by Gasteiger charge is -2.21. The Kier molecular flexibility index (Phi) is 6.78. The van der Waals surface area contributed by atoms with Gasteiger partial charge in [0.25, 0.3) is 0 Å². The maximum atomic E-state index is 12.5. The van der Waals surface area contributed by atoms with Crippen molar-refractivity contribution in [3.63, 3.8) is 0 Å². The number of allylic oxidation sites excluding steroid dienone is 1. The number of carbonyl (C=O) groups excluding carboxylic acids is 1. The molecule has 8 nitrogen and oxygen atoms in total. The number of rotatable bonds is 5. The molecule has 1 atom stereocenters. The van der Waals surface area contributed by atoms with Crippen LogP contribution in [0.5, 0.6) is 5.75 Å². The van der Waals surface area contributed by atoms with Crippen LogP contribution < -0.4 is 10.2 Å². The first-order valence-electron chi connectivity index (χ1n) is 11.9. The van der Waals surface area contributed by atoms with E-state index in [9.17, 15) is 9.90 Å². The van der Waals surface area contributed by atoms with Gasteiger partial charge in [-0.25, -0.2) is 14.8 Å². The predicted octanol–water partition coefficient (Wildman–Crippen LogP) is 4.69. The number of amides is 1. The molecule has 1 aromatic heterocycles. The molecule has 2 N–H and O–H groups in total. The monoisotopic (exact) mass is 481 g/mol. The largest absolute Gasteiger partial charge is 0.507 e. The summed E-state index contributed by atoms with van der Waals surface area (Å²) in [5.74, 6) is 1.39. The highest BCUT2D eigenvalue weighted by atomic mass is 16.5. The summed E-state index contributed by atoms with van der Waals surface area (Å²) in [6.07, 6.45) is 8.08. The van der Waals surface area contributed by atoms with E-state index >= 15 is 0 Å². The van der Waals surface area contributed by atoms with Gasteiger partial charge < -0.3 is 20.1 Å².